The van der Waals surface area contributed by atoms with Crippen LogP contribution in [-0.2, 0) is 16.0 Å². The Bertz CT molecular complexity index is 798. The highest BCUT2D eigenvalue weighted by molar-refractivity contribution is 5.81. The smallest absolute Gasteiger partial charge is 0.311 e. The monoisotopic (exact) mass is 273 g/mol. The maximum atomic E-state index is 11.4. The van der Waals surface area contributed by atoms with Crippen molar-refractivity contribution < 1.29 is 14.3 Å². The lowest BCUT2D eigenvalue weighted by Gasteiger charge is -2.06. The Morgan fingerprint density at radius 1 is 1.35 bits per heavy atom. The van der Waals surface area contributed by atoms with Gasteiger partial charge in [0.1, 0.15) is 5.75 Å². The lowest BCUT2D eigenvalue weighted by atomic mass is 10.2. The van der Waals surface area contributed by atoms with Crippen molar-refractivity contribution in [1.29, 1.82) is 0 Å². The first kappa shape index (κ1) is 12.3. The largest absolute Gasteiger partial charge is 0.497 e. The maximum absolute atomic E-state index is 11.4. The van der Waals surface area contributed by atoms with Crippen molar-refractivity contribution in [1.82, 2.24) is 25.0 Å². The highest BCUT2D eigenvalue weighted by atomic mass is 16.5. The van der Waals surface area contributed by atoms with E-state index < -0.39 is 5.97 Å². The average Bonchev–Trinajstić information content (AvgIpc) is 2.97. The third-order valence-corrected chi connectivity index (χ3v) is 2.93. The molecule has 0 bridgehead atoms. The molecule has 8 nitrogen and oxygen atoms in total. The number of nitrogens with zero attached hydrogens (tertiary/aromatic N) is 5. The van der Waals surface area contributed by atoms with E-state index in [4.69, 9.17) is 4.74 Å². The molecular formula is C12H11N5O3. The zero-order valence-corrected chi connectivity index (χ0v) is 10.9. The van der Waals surface area contributed by atoms with Crippen LogP contribution in [0.2, 0.25) is 0 Å². The molecule has 0 N–H and O–H groups in total. The molecule has 102 valence electrons. The zero-order chi connectivity index (χ0) is 14.1. The molecule has 0 aliphatic rings. The summed E-state index contributed by atoms with van der Waals surface area (Å²) >= 11 is 0. The molecule has 2 heterocycles. The molecule has 0 fully saturated rings. The first-order valence-electron chi connectivity index (χ1n) is 5.84. The van der Waals surface area contributed by atoms with Crippen molar-refractivity contribution in [2.45, 2.75) is 6.42 Å². The minimum Gasteiger partial charge on any atom is -0.497 e. The first-order chi connectivity index (χ1) is 9.72. The predicted octanol–water partition coefficient (Wildman–Crippen LogP) is 0.397. The Morgan fingerprint density at radius 2 is 2.20 bits per heavy atom. The molecule has 0 aliphatic heterocycles. The number of aromatic nitrogens is 5. The normalized spacial score (nSPS) is 10.9. The van der Waals surface area contributed by atoms with E-state index >= 15 is 0 Å². The van der Waals surface area contributed by atoms with Gasteiger partial charge in [0, 0.05) is 6.07 Å². The lowest BCUT2D eigenvalue weighted by Crippen LogP contribution is -2.09. The number of tetrazole rings is 1. The molecule has 1 aromatic carbocycles. The molecule has 2 aromatic heterocycles. The van der Waals surface area contributed by atoms with Gasteiger partial charge in [-0.2, -0.15) is 4.52 Å². The van der Waals surface area contributed by atoms with Crippen LogP contribution in [0.4, 0.5) is 0 Å². The molecule has 8 heteroatoms. The summed E-state index contributed by atoms with van der Waals surface area (Å²) in [6.45, 7) is 0. The van der Waals surface area contributed by atoms with Gasteiger partial charge in [-0.1, -0.05) is 0 Å². The van der Waals surface area contributed by atoms with Crippen molar-refractivity contribution >= 4 is 22.6 Å². The van der Waals surface area contributed by atoms with Gasteiger partial charge in [0.2, 0.25) is 5.65 Å². The summed E-state index contributed by atoms with van der Waals surface area (Å²) in [7, 11) is 2.91. The molecule has 3 rings (SSSR count). The van der Waals surface area contributed by atoms with E-state index in [1.807, 2.05) is 0 Å². The summed E-state index contributed by atoms with van der Waals surface area (Å²) in [5.74, 6) is 0.284. The molecule has 20 heavy (non-hydrogen) atoms. The lowest BCUT2D eigenvalue weighted by molar-refractivity contribution is -0.139. The molecule has 3 aromatic rings. The molecule has 0 saturated heterocycles. The summed E-state index contributed by atoms with van der Waals surface area (Å²) in [6.07, 6.45) is 0.0162. The molecule has 0 unspecified atom stereocenters. The number of carbonyl (C=O) groups excluding carboxylic acids is 1. The Kier molecular flexibility index (Phi) is 2.90. The SMILES string of the molecule is COC(=O)Cc1nc2ccc(OC)cc2n2nnnc12. The fourth-order valence-corrected chi connectivity index (χ4v) is 1.95. The van der Waals surface area contributed by atoms with Gasteiger partial charge in [0.05, 0.1) is 37.4 Å². The van der Waals surface area contributed by atoms with Crippen LogP contribution in [0.15, 0.2) is 18.2 Å². The van der Waals surface area contributed by atoms with Gasteiger partial charge in [-0.05, 0) is 22.6 Å². The Hall–Kier alpha value is -2.77. The molecule has 0 spiro atoms. The highest BCUT2D eigenvalue weighted by Gasteiger charge is 2.15. The number of hydrogen-bond donors (Lipinski definition) is 0. The van der Waals surface area contributed by atoms with Gasteiger partial charge in [-0.25, -0.2) is 4.98 Å². The van der Waals surface area contributed by atoms with Gasteiger partial charge in [0.25, 0.3) is 0 Å². The summed E-state index contributed by atoms with van der Waals surface area (Å²) in [5, 5.41) is 11.5. The Balaban J connectivity index is 2.26. The van der Waals surface area contributed by atoms with Gasteiger partial charge in [-0.3, -0.25) is 4.79 Å². The number of ether oxygens (including phenoxy) is 2. The van der Waals surface area contributed by atoms with Crippen LogP contribution < -0.4 is 4.74 Å². The van der Waals surface area contributed by atoms with E-state index in [1.54, 1.807) is 25.3 Å². The van der Waals surface area contributed by atoms with E-state index in [1.165, 1.54) is 11.6 Å². The topological polar surface area (TPSA) is 91.5 Å². The number of methoxy groups -OCH3 is 2. The number of fused-ring (bicyclic) bond motifs is 3. The second-order valence-corrected chi connectivity index (χ2v) is 4.08. The molecular weight excluding hydrogens is 262 g/mol. The third kappa shape index (κ3) is 1.91. The van der Waals surface area contributed by atoms with Crippen LogP contribution in [0.25, 0.3) is 16.7 Å². The number of carbonyl (C=O) groups is 1. The minimum absolute atomic E-state index is 0.0162. The summed E-state index contributed by atoms with van der Waals surface area (Å²) in [6, 6.07) is 5.36. The fraction of sp³-hybridized carbons (Fsp3) is 0.250. The Labute approximate surface area is 113 Å². The van der Waals surface area contributed by atoms with Crippen LogP contribution in [0, 0.1) is 0 Å². The molecule has 0 saturated carbocycles. The van der Waals surface area contributed by atoms with E-state index in [2.05, 4.69) is 25.2 Å². The Morgan fingerprint density at radius 3 is 2.95 bits per heavy atom. The number of hydrogen-bond acceptors (Lipinski definition) is 7. The van der Waals surface area contributed by atoms with Gasteiger partial charge in [0.15, 0.2) is 0 Å². The average molecular weight is 273 g/mol. The third-order valence-electron chi connectivity index (χ3n) is 2.93. The van der Waals surface area contributed by atoms with Crippen molar-refractivity contribution in [2.75, 3.05) is 14.2 Å². The van der Waals surface area contributed by atoms with Crippen LogP contribution in [0.1, 0.15) is 5.69 Å². The van der Waals surface area contributed by atoms with Crippen molar-refractivity contribution in [3.63, 3.8) is 0 Å². The number of esters is 1. The molecule has 0 radical (unpaired) electrons. The van der Waals surface area contributed by atoms with E-state index in [0.717, 1.165) is 0 Å². The second-order valence-electron chi connectivity index (χ2n) is 4.08. The van der Waals surface area contributed by atoms with Crippen LogP contribution in [-0.4, -0.2) is 45.2 Å². The van der Waals surface area contributed by atoms with E-state index in [0.29, 0.717) is 28.1 Å². The minimum atomic E-state index is -0.393. The van der Waals surface area contributed by atoms with Crippen molar-refractivity contribution in [3.8, 4) is 5.75 Å². The van der Waals surface area contributed by atoms with E-state index in [-0.39, 0.29) is 6.42 Å². The number of rotatable bonds is 3. The van der Waals surface area contributed by atoms with Crippen LogP contribution in [0.5, 0.6) is 5.75 Å². The second kappa shape index (κ2) is 4.72. The van der Waals surface area contributed by atoms with Crippen molar-refractivity contribution in [2.24, 2.45) is 0 Å². The van der Waals surface area contributed by atoms with Crippen LogP contribution >= 0.6 is 0 Å². The van der Waals surface area contributed by atoms with Gasteiger partial charge < -0.3 is 9.47 Å². The van der Waals surface area contributed by atoms with Gasteiger partial charge in [-0.15, -0.1) is 5.10 Å². The first-order valence-corrected chi connectivity index (χ1v) is 5.84. The predicted molar refractivity (Wildman–Crippen MR) is 68.4 cm³/mol. The maximum Gasteiger partial charge on any atom is 0.311 e. The standard InChI is InChI=1S/C12H11N5O3/c1-19-7-3-4-8-10(5-7)17-12(14-15-16-17)9(13-8)6-11(18)20-2/h3-5H,6H2,1-2H3. The summed E-state index contributed by atoms with van der Waals surface area (Å²) in [5.41, 5.74) is 2.28. The highest BCUT2D eigenvalue weighted by Crippen LogP contribution is 2.21. The molecule has 0 amide bonds. The zero-order valence-electron chi connectivity index (χ0n) is 10.9. The molecule has 0 atom stereocenters. The van der Waals surface area contributed by atoms with Crippen LogP contribution in [0.3, 0.4) is 0 Å². The summed E-state index contributed by atoms with van der Waals surface area (Å²) in [4.78, 5) is 15.8. The van der Waals surface area contributed by atoms with Crippen molar-refractivity contribution in [3.05, 3.63) is 23.9 Å². The van der Waals surface area contributed by atoms with Gasteiger partial charge >= 0.3 is 5.97 Å². The number of benzene rings is 1. The summed E-state index contributed by atoms with van der Waals surface area (Å²) < 4.78 is 11.4. The van der Waals surface area contributed by atoms with E-state index in [9.17, 15) is 4.79 Å². The fourth-order valence-electron chi connectivity index (χ4n) is 1.95. The molecule has 0 aliphatic carbocycles. The quantitative estimate of drug-likeness (QED) is 0.637.